The molecular weight excluding hydrogens is 202 g/mol. The Morgan fingerprint density at radius 3 is 3.07 bits per heavy atom. The van der Waals surface area contributed by atoms with Gasteiger partial charge < -0.3 is 5.32 Å². The van der Waals surface area contributed by atoms with E-state index < -0.39 is 9.84 Å². The van der Waals surface area contributed by atoms with E-state index in [-0.39, 0.29) is 11.8 Å². The van der Waals surface area contributed by atoms with Crippen molar-refractivity contribution >= 4 is 9.84 Å². The molecule has 5 nitrogen and oxygen atoms in total. The highest BCUT2D eigenvalue weighted by Gasteiger charge is 2.27. The van der Waals surface area contributed by atoms with E-state index in [2.05, 4.69) is 15.5 Å². The molecule has 2 N–H and O–H groups in total. The standard InChI is InChI=1S/C8H13N3O2S/c12-14(13)2-1-8(6-14)9-3-7-4-10-11-5-7/h4-5,8-9H,1-3,6H2,(H,10,11). The van der Waals surface area contributed by atoms with Gasteiger partial charge in [-0.15, -0.1) is 0 Å². The summed E-state index contributed by atoms with van der Waals surface area (Å²) in [6, 6.07) is 0.106. The minimum Gasteiger partial charge on any atom is -0.309 e. The molecule has 1 aromatic heterocycles. The van der Waals surface area contributed by atoms with Gasteiger partial charge in [-0.2, -0.15) is 5.10 Å². The first-order valence-electron chi connectivity index (χ1n) is 4.57. The zero-order chi connectivity index (χ0) is 10.0. The van der Waals surface area contributed by atoms with Crippen molar-refractivity contribution in [3.8, 4) is 0 Å². The lowest BCUT2D eigenvalue weighted by Gasteiger charge is -2.08. The zero-order valence-corrected chi connectivity index (χ0v) is 8.55. The Kier molecular flexibility index (Phi) is 2.56. The lowest BCUT2D eigenvalue weighted by atomic mass is 10.2. The molecule has 0 spiro atoms. The molecule has 0 saturated carbocycles. The van der Waals surface area contributed by atoms with Crippen LogP contribution in [0.4, 0.5) is 0 Å². The third kappa shape index (κ3) is 2.33. The molecule has 1 saturated heterocycles. The second-order valence-electron chi connectivity index (χ2n) is 3.59. The quantitative estimate of drug-likeness (QED) is 0.725. The lowest BCUT2D eigenvalue weighted by molar-refractivity contribution is 0.554. The van der Waals surface area contributed by atoms with Crippen molar-refractivity contribution in [1.82, 2.24) is 15.5 Å². The van der Waals surface area contributed by atoms with Crippen molar-refractivity contribution < 1.29 is 8.42 Å². The van der Waals surface area contributed by atoms with Gasteiger partial charge in [-0.05, 0) is 6.42 Å². The SMILES string of the molecule is O=S1(=O)CCC(NCc2cn[nH]c2)C1. The minimum absolute atomic E-state index is 0.106. The summed E-state index contributed by atoms with van der Waals surface area (Å²) in [4.78, 5) is 0. The van der Waals surface area contributed by atoms with Crippen molar-refractivity contribution in [1.29, 1.82) is 0 Å². The molecule has 78 valence electrons. The second-order valence-corrected chi connectivity index (χ2v) is 5.82. The Labute approximate surface area is 82.8 Å². The van der Waals surface area contributed by atoms with E-state index >= 15 is 0 Å². The van der Waals surface area contributed by atoms with Crippen LogP contribution in [0.5, 0.6) is 0 Å². The van der Waals surface area contributed by atoms with Crippen molar-refractivity contribution in [2.75, 3.05) is 11.5 Å². The second kappa shape index (κ2) is 3.70. The van der Waals surface area contributed by atoms with Crippen LogP contribution in [0.15, 0.2) is 12.4 Å². The molecule has 0 aliphatic carbocycles. The number of hydrogen-bond acceptors (Lipinski definition) is 4. The number of nitrogens with zero attached hydrogens (tertiary/aromatic N) is 1. The van der Waals surface area contributed by atoms with E-state index in [9.17, 15) is 8.42 Å². The fourth-order valence-electron chi connectivity index (χ4n) is 1.59. The van der Waals surface area contributed by atoms with Gasteiger partial charge in [0.25, 0.3) is 0 Å². The fraction of sp³-hybridized carbons (Fsp3) is 0.625. The summed E-state index contributed by atoms with van der Waals surface area (Å²) in [6.07, 6.45) is 4.26. The van der Waals surface area contributed by atoms with Gasteiger partial charge in [0, 0.05) is 24.3 Å². The van der Waals surface area contributed by atoms with Crippen LogP contribution in [0, 0.1) is 0 Å². The highest BCUT2D eigenvalue weighted by Crippen LogP contribution is 2.11. The van der Waals surface area contributed by atoms with Crippen LogP contribution in [0.25, 0.3) is 0 Å². The van der Waals surface area contributed by atoms with Crippen molar-refractivity contribution in [2.24, 2.45) is 0 Å². The van der Waals surface area contributed by atoms with Gasteiger partial charge in [0.1, 0.15) is 0 Å². The van der Waals surface area contributed by atoms with Gasteiger partial charge in [-0.3, -0.25) is 5.10 Å². The van der Waals surface area contributed by atoms with Gasteiger partial charge in [0.2, 0.25) is 0 Å². The third-order valence-corrected chi connectivity index (χ3v) is 4.15. The van der Waals surface area contributed by atoms with Crippen molar-refractivity contribution in [3.05, 3.63) is 18.0 Å². The maximum Gasteiger partial charge on any atom is 0.151 e. The van der Waals surface area contributed by atoms with Crippen LogP contribution in [0.2, 0.25) is 0 Å². The Morgan fingerprint density at radius 2 is 2.50 bits per heavy atom. The molecule has 1 aromatic rings. The first-order valence-corrected chi connectivity index (χ1v) is 6.39. The molecule has 1 fully saturated rings. The molecular formula is C8H13N3O2S. The van der Waals surface area contributed by atoms with Crippen molar-refractivity contribution in [2.45, 2.75) is 19.0 Å². The summed E-state index contributed by atoms with van der Waals surface area (Å²) in [6.45, 7) is 0.677. The first-order chi connectivity index (χ1) is 6.66. The van der Waals surface area contributed by atoms with E-state index in [0.29, 0.717) is 12.3 Å². The molecule has 1 aliphatic heterocycles. The predicted octanol–water partition coefficient (Wildman–Crippen LogP) is -0.314. The van der Waals surface area contributed by atoms with Crippen LogP contribution in [0.1, 0.15) is 12.0 Å². The molecule has 6 heteroatoms. The molecule has 0 radical (unpaired) electrons. The summed E-state index contributed by atoms with van der Waals surface area (Å²) in [5, 5.41) is 9.73. The monoisotopic (exact) mass is 215 g/mol. The van der Waals surface area contributed by atoms with Crippen LogP contribution in [0.3, 0.4) is 0 Å². The highest BCUT2D eigenvalue weighted by molar-refractivity contribution is 7.91. The van der Waals surface area contributed by atoms with Crippen molar-refractivity contribution in [3.63, 3.8) is 0 Å². The Bertz CT molecular complexity index is 385. The van der Waals surface area contributed by atoms with Crippen LogP contribution < -0.4 is 5.32 Å². The summed E-state index contributed by atoms with van der Waals surface area (Å²) in [7, 11) is -2.77. The van der Waals surface area contributed by atoms with Gasteiger partial charge >= 0.3 is 0 Å². The van der Waals surface area contributed by atoms with Gasteiger partial charge in [-0.25, -0.2) is 8.42 Å². The summed E-state index contributed by atoms with van der Waals surface area (Å²) >= 11 is 0. The maximum absolute atomic E-state index is 11.1. The van der Waals surface area contributed by atoms with E-state index in [1.165, 1.54) is 0 Å². The van der Waals surface area contributed by atoms with Crippen LogP contribution in [-0.2, 0) is 16.4 Å². The molecule has 1 atom stereocenters. The molecule has 14 heavy (non-hydrogen) atoms. The largest absolute Gasteiger partial charge is 0.309 e. The molecule has 0 amide bonds. The van der Waals surface area contributed by atoms with Crippen LogP contribution in [-0.4, -0.2) is 36.2 Å². The number of sulfone groups is 1. The van der Waals surface area contributed by atoms with E-state index in [1.54, 1.807) is 12.4 Å². The molecule has 1 aliphatic rings. The minimum atomic E-state index is -2.77. The summed E-state index contributed by atoms with van der Waals surface area (Å²) in [5.74, 6) is 0.584. The molecule has 2 heterocycles. The number of rotatable bonds is 3. The number of aromatic nitrogens is 2. The lowest BCUT2D eigenvalue weighted by Crippen LogP contribution is -2.29. The zero-order valence-electron chi connectivity index (χ0n) is 7.73. The Morgan fingerprint density at radius 1 is 1.64 bits per heavy atom. The Hall–Kier alpha value is -0.880. The maximum atomic E-state index is 11.1. The number of nitrogens with one attached hydrogen (secondary N) is 2. The van der Waals surface area contributed by atoms with E-state index in [1.807, 2.05) is 0 Å². The highest BCUT2D eigenvalue weighted by atomic mass is 32.2. The normalized spacial score (nSPS) is 25.3. The summed E-state index contributed by atoms with van der Waals surface area (Å²) < 4.78 is 22.3. The van der Waals surface area contributed by atoms with E-state index in [0.717, 1.165) is 12.0 Å². The molecule has 0 aromatic carbocycles. The fourth-order valence-corrected chi connectivity index (χ4v) is 3.30. The molecule has 0 bridgehead atoms. The smallest absolute Gasteiger partial charge is 0.151 e. The third-order valence-electron chi connectivity index (χ3n) is 2.38. The molecule has 2 rings (SSSR count). The number of H-pyrrole nitrogens is 1. The van der Waals surface area contributed by atoms with Gasteiger partial charge in [-0.1, -0.05) is 0 Å². The van der Waals surface area contributed by atoms with Gasteiger partial charge in [0.15, 0.2) is 9.84 Å². The average molecular weight is 215 g/mol. The number of hydrogen-bond donors (Lipinski definition) is 2. The first kappa shape index (κ1) is 9.67. The average Bonchev–Trinajstić information content (AvgIpc) is 2.70. The van der Waals surface area contributed by atoms with Crippen LogP contribution >= 0.6 is 0 Å². The van der Waals surface area contributed by atoms with Gasteiger partial charge in [0.05, 0.1) is 17.7 Å². The number of aromatic amines is 1. The topological polar surface area (TPSA) is 74.8 Å². The van der Waals surface area contributed by atoms with E-state index in [4.69, 9.17) is 0 Å². The predicted molar refractivity (Wildman–Crippen MR) is 52.5 cm³/mol. The molecule has 1 unspecified atom stereocenters. The summed E-state index contributed by atoms with van der Waals surface area (Å²) in [5.41, 5.74) is 1.05. The Balaban J connectivity index is 1.83.